The molecular formula is C21H29N3O2. The molecule has 0 atom stereocenters. The zero-order valence-electron chi connectivity index (χ0n) is 16.0. The minimum atomic E-state index is -0.0509. The summed E-state index contributed by atoms with van der Waals surface area (Å²) in [5.74, 6) is 0.819. The number of aryl methyl sites for hydroxylation is 2. The van der Waals surface area contributed by atoms with Crippen LogP contribution in [0.2, 0.25) is 0 Å². The first-order valence-electron chi connectivity index (χ1n) is 9.46. The van der Waals surface area contributed by atoms with Gasteiger partial charge in [0, 0.05) is 24.8 Å². The summed E-state index contributed by atoms with van der Waals surface area (Å²) in [4.78, 5) is 17.5. The van der Waals surface area contributed by atoms with Crippen LogP contribution in [0.1, 0.15) is 36.7 Å². The lowest BCUT2D eigenvalue weighted by molar-refractivity contribution is 0.121. The molecule has 1 aromatic carbocycles. The van der Waals surface area contributed by atoms with E-state index >= 15 is 0 Å². The van der Waals surface area contributed by atoms with Crippen molar-refractivity contribution in [2.24, 2.45) is 0 Å². The number of nitrogens with zero attached hydrogens (tertiary/aromatic N) is 2. The molecule has 5 nitrogen and oxygen atoms in total. The Kier molecular flexibility index (Phi) is 5.99. The summed E-state index contributed by atoms with van der Waals surface area (Å²) < 4.78 is 5.51. The van der Waals surface area contributed by atoms with Crippen molar-refractivity contribution < 1.29 is 9.21 Å². The lowest BCUT2D eigenvalue weighted by atomic mass is 10.0. The molecule has 2 heterocycles. The van der Waals surface area contributed by atoms with E-state index < -0.39 is 0 Å². The molecule has 5 heteroatoms. The Morgan fingerprint density at radius 1 is 1.27 bits per heavy atom. The fourth-order valence-electron chi connectivity index (χ4n) is 3.54. The molecule has 1 aliphatic heterocycles. The van der Waals surface area contributed by atoms with Crippen molar-refractivity contribution in [2.45, 2.75) is 46.2 Å². The molecule has 140 valence electrons. The third-order valence-corrected chi connectivity index (χ3v) is 5.25. The van der Waals surface area contributed by atoms with E-state index in [9.17, 15) is 4.79 Å². The monoisotopic (exact) mass is 355 g/mol. The maximum atomic E-state index is 13.1. The number of rotatable bonds is 5. The Hall–Kier alpha value is -2.27. The van der Waals surface area contributed by atoms with Crippen LogP contribution < -0.4 is 5.32 Å². The molecule has 0 radical (unpaired) electrons. The fourth-order valence-corrected chi connectivity index (χ4v) is 3.54. The average Bonchev–Trinajstić information content (AvgIpc) is 3.16. The number of amides is 2. The molecular weight excluding hydrogens is 326 g/mol. The molecule has 1 fully saturated rings. The van der Waals surface area contributed by atoms with Crippen LogP contribution in [-0.2, 0) is 6.54 Å². The van der Waals surface area contributed by atoms with Crippen LogP contribution in [0.25, 0.3) is 0 Å². The summed E-state index contributed by atoms with van der Waals surface area (Å²) in [6.45, 7) is 9.88. The second-order valence-corrected chi connectivity index (χ2v) is 7.12. The first-order valence-corrected chi connectivity index (χ1v) is 9.46. The van der Waals surface area contributed by atoms with Gasteiger partial charge < -0.3 is 19.5 Å². The number of benzene rings is 1. The van der Waals surface area contributed by atoms with E-state index in [1.54, 1.807) is 6.26 Å². The van der Waals surface area contributed by atoms with Crippen molar-refractivity contribution in [1.82, 2.24) is 9.80 Å². The van der Waals surface area contributed by atoms with Gasteiger partial charge in [-0.25, -0.2) is 4.79 Å². The quantitative estimate of drug-likeness (QED) is 0.864. The number of urea groups is 1. The van der Waals surface area contributed by atoms with Gasteiger partial charge in [0.05, 0.1) is 12.8 Å². The van der Waals surface area contributed by atoms with Gasteiger partial charge in [0.2, 0.25) is 0 Å². The van der Waals surface area contributed by atoms with Crippen LogP contribution in [0.15, 0.2) is 41.0 Å². The molecule has 2 aromatic rings. The van der Waals surface area contributed by atoms with Gasteiger partial charge in [0.15, 0.2) is 0 Å². The summed E-state index contributed by atoms with van der Waals surface area (Å²) in [6, 6.07) is 10.1. The molecule has 3 rings (SSSR count). The standard InChI is InChI=1S/C21H29N3O2/c1-4-23-11-9-18(10-12-23)24(15-19-6-5-13-26-19)21(25)22-20-14-16(2)7-8-17(20)3/h5-8,13-14,18H,4,9-12,15H2,1-3H3,(H,22,25). The maximum Gasteiger partial charge on any atom is 0.322 e. The van der Waals surface area contributed by atoms with Gasteiger partial charge in [-0.1, -0.05) is 19.1 Å². The highest BCUT2D eigenvalue weighted by atomic mass is 16.3. The SMILES string of the molecule is CCN1CCC(N(Cc2ccco2)C(=O)Nc2cc(C)ccc2C)CC1. The van der Waals surface area contributed by atoms with E-state index in [1.165, 1.54) is 0 Å². The molecule has 0 bridgehead atoms. The maximum absolute atomic E-state index is 13.1. The van der Waals surface area contributed by atoms with E-state index in [2.05, 4.69) is 23.2 Å². The average molecular weight is 355 g/mol. The summed E-state index contributed by atoms with van der Waals surface area (Å²) in [5, 5.41) is 3.12. The number of carbonyl (C=O) groups is 1. The van der Waals surface area contributed by atoms with E-state index in [4.69, 9.17) is 4.42 Å². The van der Waals surface area contributed by atoms with E-state index in [0.29, 0.717) is 6.54 Å². The topological polar surface area (TPSA) is 48.7 Å². The number of carbonyl (C=O) groups excluding carboxylic acids is 1. The van der Waals surface area contributed by atoms with Crippen LogP contribution in [0.3, 0.4) is 0 Å². The molecule has 0 saturated carbocycles. The molecule has 1 aromatic heterocycles. The van der Waals surface area contributed by atoms with Crippen molar-refractivity contribution in [3.8, 4) is 0 Å². The molecule has 0 spiro atoms. The summed E-state index contributed by atoms with van der Waals surface area (Å²) in [5.41, 5.74) is 3.09. The van der Waals surface area contributed by atoms with Crippen LogP contribution in [-0.4, -0.2) is 41.5 Å². The van der Waals surface area contributed by atoms with Gasteiger partial charge in [0.25, 0.3) is 0 Å². The molecule has 2 amide bonds. The molecule has 26 heavy (non-hydrogen) atoms. The highest BCUT2D eigenvalue weighted by molar-refractivity contribution is 5.90. The molecule has 0 unspecified atom stereocenters. The van der Waals surface area contributed by atoms with Gasteiger partial charge in [-0.05, 0) is 62.6 Å². The number of likely N-dealkylation sites (tertiary alicyclic amines) is 1. The van der Waals surface area contributed by atoms with Gasteiger partial charge in [0.1, 0.15) is 5.76 Å². The number of anilines is 1. The first kappa shape index (κ1) is 18.5. The molecule has 1 N–H and O–H groups in total. The fraction of sp³-hybridized carbons (Fsp3) is 0.476. The predicted molar refractivity (Wildman–Crippen MR) is 104 cm³/mol. The number of hydrogen-bond acceptors (Lipinski definition) is 3. The van der Waals surface area contributed by atoms with Crippen molar-refractivity contribution in [2.75, 3.05) is 25.0 Å². The zero-order chi connectivity index (χ0) is 18.5. The zero-order valence-corrected chi connectivity index (χ0v) is 16.0. The van der Waals surface area contributed by atoms with Crippen molar-refractivity contribution in [3.05, 3.63) is 53.5 Å². The van der Waals surface area contributed by atoms with Crippen molar-refractivity contribution in [1.29, 1.82) is 0 Å². The van der Waals surface area contributed by atoms with Gasteiger partial charge in [-0.2, -0.15) is 0 Å². The predicted octanol–water partition coefficient (Wildman–Crippen LogP) is 4.41. The second-order valence-electron chi connectivity index (χ2n) is 7.12. The van der Waals surface area contributed by atoms with Crippen molar-refractivity contribution in [3.63, 3.8) is 0 Å². The molecule has 0 aliphatic carbocycles. The minimum absolute atomic E-state index is 0.0509. The highest BCUT2D eigenvalue weighted by Crippen LogP contribution is 2.22. The lowest BCUT2D eigenvalue weighted by Crippen LogP contribution is -2.48. The summed E-state index contributed by atoms with van der Waals surface area (Å²) >= 11 is 0. The Labute approximate surface area is 156 Å². The smallest absolute Gasteiger partial charge is 0.322 e. The number of piperidine rings is 1. The van der Waals surface area contributed by atoms with E-state index in [-0.39, 0.29) is 12.1 Å². The van der Waals surface area contributed by atoms with Gasteiger partial charge >= 0.3 is 6.03 Å². The normalized spacial score (nSPS) is 15.8. The van der Waals surface area contributed by atoms with Gasteiger partial charge in [-0.3, -0.25) is 0 Å². The van der Waals surface area contributed by atoms with Crippen LogP contribution >= 0.6 is 0 Å². The Balaban J connectivity index is 1.75. The van der Waals surface area contributed by atoms with Gasteiger partial charge in [-0.15, -0.1) is 0 Å². The third kappa shape index (κ3) is 4.47. The van der Waals surface area contributed by atoms with E-state index in [0.717, 1.165) is 55.1 Å². The number of hydrogen-bond donors (Lipinski definition) is 1. The summed E-state index contributed by atoms with van der Waals surface area (Å²) in [7, 11) is 0. The Morgan fingerprint density at radius 2 is 2.04 bits per heavy atom. The summed E-state index contributed by atoms with van der Waals surface area (Å²) in [6.07, 6.45) is 3.65. The Morgan fingerprint density at radius 3 is 2.69 bits per heavy atom. The van der Waals surface area contributed by atoms with E-state index in [1.807, 2.05) is 43.0 Å². The number of nitrogens with one attached hydrogen (secondary N) is 1. The minimum Gasteiger partial charge on any atom is -0.467 e. The molecule has 1 aliphatic rings. The molecule has 1 saturated heterocycles. The van der Waals surface area contributed by atoms with Crippen molar-refractivity contribution >= 4 is 11.7 Å². The second kappa shape index (κ2) is 8.41. The van der Waals surface area contributed by atoms with Crippen LogP contribution in [0.5, 0.6) is 0 Å². The van der Waals surface area contributed by atoms with Crippen LogP contribution in [0.4, 0.5) is 10.5 Å². The first-order chi connectivity index (χ1) is 12.6. The largest absolute Gasteiger partial charge is 0.467 e. The highest BCUT2D eigenvalue weighted by Gasteiger charge is 2.28. The van der Waals surface area contributed by atoms with Crippen LogP contribution in [0, 0.1) is 13.8 Å². The Bertz CT molecular complexity index is 719. The lowest BCUT2D eigenvalue weighted by Gasteiger charge is -2.38. The third-order valence-electron chi connectivity index (χ3n) is 5.25. The number of furan rings is 1.